The summed E-state index contributed by atoms with van der Waals surface area (Å²) < 4.78 is 12.9. The van der Waals surface area contributed by atoms with Gasteiger partial charge >= 0.3 is 0 Å². The summed E-state index contributed by atoms with van der Waals surface area (Å²) in [4.78, 5) is 17.4. The molecule has 32 heavy (non-hydrogen) atoms. The zero-order valence-electron chi connectivity index (χ0n) is 18.0. The lowest BCUT2D eigenvalue weighted by molar-refractivity contribution is 0.0912. The first-order chi connectivity index (χ1) is 15.3. The second-order valence-electron chi connectivity index (χ2n) is 8.15. The van der Waals surface area contributed by atoms with E-state index < -0.39 is 5.41 Å². The number of nitrogens with one attached hydrogen (secondary N) is 3. The molecule has 4 rings (SSSR count). The van der Waals surface area contributed by atoms with Crippen LogP contribution >= 0.6 is 11.6 Å². The molecular formula is C21H25ClN6O4. The minimum Gasteiger partial charge on any atom is -0.484 e. The molecule has 11 heteroatoms. The van der Waals surface area contributed by atoms with E-state index in [1.54, 1.807) is 29.8 Å². The molecule has 0 unspecified atom stereocenters. The van der Waals surface area contributed by atoms with Crippen molar-refractivity contribution >= 4 is 40.5 Å². The summed E-state index contributed by atoms with van der Waals surface area (Å²) in [6.07, 6.45) is 1.47. The molecule has 0 atom stereocenters. The first-order valence-corrected chi connectivity index (χ1v) is 10.5. The highest BCUT2D eigenvalue weighted by molar-refractivity contribution is 6.32. The van der Waals surface area contributed by atoms with Gasteiger partial charge in [-0.15, -0.1) is 0 Å². The van der Waals surface area contributed by atoms with Crippen molar-refractivity contribution < 1.29 is 19.4 Å². The molecule has 0 saturated heterocycles. The molecule has 4 N–H and O–H groups in total. The number of aliphatic hydroxyl groups is 1. The number of halogens is 1. The Morgan fingerprint density at radius 2 is 2.03 bits per heavy atom. The summed E-state index contributed by atoms with van der Waals surface area (Å²) in [5.74, 6) is 1.77. The first kappa shape index (κ1) is 22.0. The molecule has 0 fully saturated rings. The van der Waals surface area contributed by atoms with Gasteiger partial charge in [0.05, 0.1) is 16.9 Å². The smallest absolute Gasteiger partial charge is 0.256 e. The Labute approximate surface area is 189 Å². The number of aromatic nitrogens is 3. The van der Waals surface area contributed by atoms with E-state index in [1.807, 2.05) is 13.8 Å². The highest BCUT2D eigenvalue weighted by Crippen LogP contribution is 2.43. The third-order valence-corrected chi connectivity index (χ3v) is 5.33. The molecule has 1 aliphatic heterocycles. The summed E-state index contributed by atoms with van der Waals surface area (Å²) in [7, 11) is 1.75. The van der Waals surface area contributed by atoms with Gasteiger partial charge in [-0.3, -0.25) is 4.79 Å². The van der Waals surface area contributed by atoms with Gasteiger partial charge in [-0.25, -0.2) is 4.98 Å². The number of rotatable bonds is 7. The van der Waals surface area contributed by atoms with Crippen LogP contribution in [0.15, 0.2) is 24.4 Å². The molecule has 1 amide bonds. The molecule has 3 aromatic rings. The Kier molecular flexibility index (Phi) is 5.98. The molecule has 1 aromatic carbocycles. The molecule has 0 saturated carbocycles. The molecule has 10 nitrogen and oxygen atoms in total. The van der Waals surface area contributed by atoms with Crippen molar-refractivity contribution in [3.05, 3.63) is 35.0 Å². The van der Waals surface area contributed by atoms with E-state index in [-0.39, 0.29) is 12.5 Å². The largest absolute Gasteiger partial charge is 0.484 e. The number of fused-ring (bicyclic) bond motifs is 2. The van der Waals surface area contributed by atoms with Gasteiger partial charge < -0.3 is 30.5 Å². The fourth-order valence-corrected chi connectivity index (χ4v) is 3.38. The molecule has 2 aromatic heterocycles. The molecule has 0 bridgehead atoms. The van der Waals surface area contributed by atoms with Crippen molar-refractivity contribution in [2.24, 2.45) is 5.41 Å². The van der Waals surface area contributed by atoms with Gasteiger partial charge in [0.15, 0.2) is 17.1 Å². The molecule has 1 aliphatic rings. The average Bonchev–Trinajstić information content (AvgIpc) is 3.23. The first-order valence-electron chi connectivity index (χ1n) is 10.1. The van der Waals surface area contributed by atoms with E-state index in [4.69, 9.17) is 21.1 Å². The Morgan fingerprint density at radius 1 is 1.28 bits per heavy atom. The lowest BCUT2D eigenvalue weighted by atomic mass is 9.95. The Morgan fingerprint density at radius 3 is 2.75 bits per heavy atom. The van der Waals surface area contributed by atoms with Crippen LogP contribution in [0.4, 0.5) is 17.3 Å². The van der Waals surface area contributed by atoms with Crippen LogP contribution in [-0.2, 0) is 0 Å². The van der Waals surface area contributed by atoms with Crippen molar-refractivity contribution in [2.45, 2.75) is 13.8 Å². The van der Waals surface area contributed by atoms with Crippen LogP contribution in [-0.4, -0.2) is 59.0 Å². The predicted octanol–water partition coefficient (Wildman–Crippen LogP) is 2.69. The quantitative estimate of drug-likeness (QED) is 0.424. The summed E-state index contributed by atoms with van der Waals surface area (Å²) >= 11 is 6.23. The fraction of sp³-hybridized carbons (Fsp3) is 0.381. The SMILES string of the molecule is CNc1cc(Nc2ccc(Cl)c3c2OCCO3)nc2c(C(=O)NCC(C)(C)CO)cnn12. The summed E-state index contributed by atoms with van der Waals surface area (Å²) in [5.41, 5.74) is 0.887. The third kappa shape index (κ3) is 4.23. The van der Waals surface area contributed by atoms with Crippen LogP contribution in [0.2, 0.25) is 5.02 Å². The van der Waals surface area contributed by atoms with Gasteiger partial charge in [0.2, 0.25) is 0 Å². The predicted molar refractivity (Wildman–Crippen MR) is 121 cm³/mol. The normalized spacial score (nSPS) is 13.2. The number of benzene rings is 1. The average molecular weight is 461 g/mol. The second-order valence-corrected chi connectivity index (χ2v) is 8.56. The highest BCUT2D eigenvalue weighted by atomic mass is 35.5. The number of hydrogen-bond donors (Lipinski definition) is 4. The molecular weight excluding hydrogens is 436 g/mol. The van der Waals surface area contributed by atoms with Crippen LogP contribution in [0.3, 0.4) is 0 Å². The van der Waals surface area contributed by atoms with Gasteiger partial charge in [-0.05, 0) is 12.1 Å². The number of ether oxygens (including phenoxy) is 2. The van der Waals surface area contributed by atoms with E-state index >= 15 is 0 Å². The van der Waals surface area contributed by atoms with E-state index in [9.17, 15) is 9.90 Å². The van der Waals surface area contributed by atoms with Gasteiger partial charge in [-0.1, -0.05) is 25.4 Å². The molecule has 0 radical (unpaired) electrons. The fourth-order valence-electron chi connectivity index (χ4n) is 3.18. The maximum atomic E-state index is 12.8. The third-order valence-electron chi connectivity index (χ3n) is 5.03. The van der Waals surface area contributed by atoms with Crippen LogP contribution in [0.5, 0.6) is 11.5 Å². The number of hydrogen-bond acceptors (Lipinski definition) is 8. The summed E-state index contributed by atoms with van der Waals surface area (Å²) in [6.45, 7) is 4.82. The Balaban J connectivity index is 1.68. The van der Waals surface area contributed by atoms with E-state index in [2.05, 4.69) is 26.0 Å². The van der Waals surface area contributed by atoms with Crippen molar-refractivity contribution in [2.75, 3.05) is 44.0 Å². The second kappa shape index (κ2) is 8.71. The molecule has 0 aliphatic carbocycles. The minimum absolute atomic E-state index is 0.0462. The topological polar surface area (TPSA) is 122 Å². The maximum absolute atomic E-state index is 12.8. The van der Waals surface area contributed by atoms with Crippen molar-refractivity contribution in [3.63, 3.8) is 0 Å². The van der Waals surface area contributed by atoms with Crippen molar-refractivity contribution in [1.29, 1.82) is 0 Å². The van der Waals surface area contributed by atoms with Crippen LogP contribution < -0.4 is 25.4 Å². The van der Waals surface area contributed by atoms with Gasteiger partial charge in [0, 0.05) is 31.7 Å². The van der Waals surface area contributed by atoms with Crippen LogP contribution in [0.1, 0.15) is 24.2 Å². The molecule has 3 heterocycles. The maximum Gasteiger partial charge on any atom is 0.256 e. The Hall–Kier alpha value is -3.24. The zero-order chi connectivity index (χ0) is 22.9. The van der Waals surface area contributed by atoms with E-state index in [1.165, 1.54) is 6.20 Å². The number of nitrogens with zero attached hydrogens (tertiary/aromatic N) is 3. The number of carbonyl (C=O) groups is 1. The van der Waals surface area contributed by atoms with Gasteiger partial charge in [-0.2, -0.15) is 9.61 Å². The summed E-state index contributed by atoms with van der Waals surface area (Å²) in [5, 5.41) is 23.3. The monoisotopic (exact) mass is 460 g/mol. The number of amides is 1. The van der Waals surface area contributed by atoms with Crippen molar-refractivity contribution in [1.82, 2.24) is 19.9 Å². The lowest BCUT2D eigenvalue weighted by Crippen LogP contribution is -2.36. The van der Waals surface area contributed by atoms with Crippen LogP contribution in [0.25, 0.3) is 5.65 Å². The number of anilines is 3. The minimum atomic E-state index is -0.440. The van der Waals surface area contributed by atoms with Crippen LogP contribution in [0, 0.1) is 5.41 Å². The highest BCUT2D eigenvalue weighted by Gasteiger charge is 2.23. The summed E-state index contributed by atoms with van der Waals surface area (Å²) in [6, 6.07) is 5.26. The van der Waals surface area contributed by atoms with Crippen molar-refractivity contribution in [3.8, 4) is 11.5 Å². The van der Waals surface area contributed by atoms with Gasteiger partial charge in [0.1, 0.15) is 30.4 Å². The molecule has 170 valence electrons. The molecule has 0 spiro atoms. The Bertz CT molecular complexity index is 1160. The van der Waals surface area contributed by atoms with E-state index in [0.717, 1.165) is 0 Å². The van der Waals surface area contributed by atoms with Gasteiger partial charge in [0.25, 0.3) is 5.91 Å². The van der Waals surface area contributed by atoms with E-state index in [0.29, 0.717) is 64.8 Å². The zero-order valence-corrected chi connectivity index (χ0v) is 18.8. The number of aliphatic hydroxyl groups excluding tert-OH is 1. The number of carbonyl (C=O) groups excluding carboxylic acids is 1. The standard InChI is InChI=1S/C21H25ClN6O4/c1-21(2,11-29)10-24-20(30)12-9-25-28-16(23-3)8-15(27-19(12)28)26-14-5-4-13(22)17-18(14)32-7-6-31-17/h4-5,8-9,23,29H,6-7,10-11H2,1-3H3,(H,24,30)(H,26,27). The lowest BCUT2D eigenvalue weighted by Gasteiger charge is -2.22.